The molecule has 0 aromatic heterocycles. The Morgan fingerprint density at radius 2 is 2.00 bits per heavy atom. The third kappa shape index (κ3) is 8.86. The fourth-order valence-electron chi connectivity index (χ4n) is 0. The molecule has 0 heterocycles. The average molecular weight is 102 g/mol. The van der Waals surface area contributed by atoms with Gasteiger partial charge in [-0.2, -0.15) is 0 Å². The quantitative estimate of drug-likeness (QED) is 0.160. The van der Waals surface area contributed by atoms with E-state index in [1.54, 1.807) is 0 Å². The van der Waals surface area contributed by atoms with Crippen molar-refractivity contribution in [2.75, 3.05) is 0 Å². The van der Waals surface area contributed by atoms with Gasteiger partial charge in [-0.15, -0.1) is 0 Å². The maximum Gasteiger partial charge on any atom is 1.00 e. The van der Waals surface area contributed by atoms with Crippen LogP contribution in [0.3, 0.4) is 0 Å². The van der Waals surface area contributed by atoms with Crippen LogP contribution < -0.4 is 29.6 Å². The molecule has 1 unspecified atom stereocenters. The molecule has 6 heavy (non-hydrogen) atoms. The van der Waals surface area contributed by atoms with Crippen molar-refractivity contribution in [3.05, 3.63) is 0 Å². The minimum Gasteiger partial charge on any atom is -1.00 e. The van der Waals surface area contributed by atoms with Gasteiger partial charge in [-0.1, -0.05) is 0 Å². The van der Waals surface area contributed by atoms with Crippen LogP contribution in [0, 0.1) is 0 Å². The van der Waals surface area contributed by atoms with Gasteiger partial charge in [0.05, 0.1) is 0 Å². The predicted molar refractivity (Wildman–Crippen MR) is 16.5 cm³/mol. The molecule has 0 aliphatic rings. The Morgan fingerprint density at radius 1 is 1.83 bits per heavy atom. The van der Waals surface area contributed by atoms with Crippen LogP contribution in [0.5, 0.6) is 0 Å². The van der Waals surface area contributed by atoms with Crippen molar-refractivity contribution in [2.24, 2.45) is 0 Å². The van der Waals surface area contributed by atoms with Crippen LogP contribution in [0.25, 0.3) is 0 Å². The molecule has 0 aliphatic carbocycles. The summed E-state index contributed by atoms with van der Waals surface area (Å²) in [6, 6.07) is 0. The number of rotatable bonds is 1. The van der Waals surface area contributed by atoms with E-state index in [1.165, 1.54) is 6.92 Å². The molecule has 0 bridgehead atoms. The molecule has 3 nitrogen and oxygen atoms in total. The first-order valence-corrected chi connectivity index (χ1v) is 1.25. The van der Waals surface area contributed by atoms with Crippen molar-refractivity contribution >= 4 is 0 Å². The number of hydrogen-bond donors (Lipinski definition) is 2. The van der Waals surface area contributed by atoms with E-state index >= 15 is 0 Å². The molecular formula is C2H7NaO3. The van der Waals surface area contributed by atoms with Crippen molar-refractivity contribution in [3.63, 3.8) is 0 Å². The van der Waals surface area contributed by atoms with Crippen LogP contribution in [0.15, 0.2) is 0 Å². The van der Waals surface area contributed by atoms with Gasteiger partial charge in [0.1, 0.15) is 0 Å². The van der Waals surface area contributed by atoms with E-state index in [0.717, 1.165) is 0 Å². The zero-order valence-corrected chi connectivity index (χ0v) is 5.88. The zero-order valence-electron chi connectivity index (χ0n) is 4.88. The largest absolute Gasteiger partial charge is 1.00 e. The molecule has 4 heteroatoms. The molecule has 0 rings (SSSR count). The van der Waals surface area contributed by atoms with Crippen molar-refractivity contribution in [3.8, 4) is 0 Å². The SMILES string of the molecule is CC(O)OO.[H-].[Na+]. The summed E-state index contributed by atoms with van der Waals surface area (Å²) in [7, 11) is 0. The summed E-state index contributed by atoms with van der Waals surface area (Å²) in [5.74, 6) is 0. The van der Waals surface area contributed by atoms with E-state index in [0.29, 0.717) is 0 Å². The average Bonchev–Trinajstić information content (AvgIpc) is 1.38. The van der Waals surface area contributed by atoms with E-state index in [-0.39, 0.29) is 31.0 Å². The first kappa shape index (κ1) is 9.99. The van der Waals surface area contributed by atoms with E-state index in [1.807, 2.05) is 0 Å². The minimum absolute atomic E-state index is 0. The first-order chi connectivity index (χ1) is 2.27. The number of aliphatic hydroxyl groups excluding tert-OH is 1. The van der Waals surface area contributed by atoms with Gasteiger partial charge in [-0.3, -0.25) is 0 Å². The molecule has 0 aromatic carbocycles. The van der Waals surface area contributed by atoms with Gasteiger partial charge in [-0.25, -0.2) is 10.1 Å². The van der Waals surface area contributed by atoms with Gasteiger partial charge in [0.25, 0.3) is 0 Å². The van der Waals surface area contributed by atoms with Crippen LogP contribution in [0.4, 0.5) is 0 Å². The molecule has 0 radical (unpaired) electrons. The Labute approximate surface area is 59.6 Å². The second kappa shape index (κ2) is 5.88. The summed E-state index contributed by atoms with van der Waals surface area (Å²) in [6.07, 6.45) is -1.06. The van der Waals surface area contributed by atoms with Crippen molar-refractivity contribution in [1.82, 2.24) is 0 Å². The summed E-state index contributed by atoms with van der Waals surface area (Å²) >= 11 is 0. The number of hydrogen-bond acceptors (Lipinski definition) is 3. The topological polar surface area (TPSA) is 49.7 Å². The molecule has 0 amide bonds. The Balaban J connectivity index is -0.0000000800. The van der Waals surface area contributed by atoms with Gasteiger partial charge in [-0.05, 0) is 6.92 Å². The molecule has 0 fully saturated rings. The van der Waals surface area contributed by atoms with E-state index in [9.17, 15) is 0 Å². The van der Waals surface area contributed by atoms with Gasteiger partial charge in [0.2, 0.25) is 0 Å². The normalized spacial score (nSPS) is 12.5. The molecular weight excluding hydrogens is 95.0 g/mol. The van der Waals surface area contributed by atoms with Crippen molar-refractivity contribution in [1.29, 1.82) is 0 Å². The third-order valence-electron chi connectivity index (χ3n) is 0.153. The molecule has 0 saturated heterocycles. The van der Waals surface area contributed by atoms with Crippen LogP contribution in [0.2, 0.25) is 0 Å². The summed E-state index contributed by atoms with van der Waals surface area (Å²) in [5.41, 5.74) is 0. The van der Waals surface area contributed by atoms with Gasteiger partial charge < -0.3 is 6.53 Å². The van der Waals surface area contributed by atoms with E-state index in [4.69, 9.17) is 10.4 Å². The standard InChI is InChI=1S/C2H6O3.Na.H/c1-2(3)5-4;;/h2-4H,1H3;;/q;+1;-1. The zero-order chi connectivity index (χ0) is 4.28. The molecule has 0 aromatic rings. The van der Waals surface area contributed by atoms with Gasteiger partial charge in [0.15, 0.2) is 6.29 Å². The molecule has 0 saturated carbocycles. The molecule has 0 aliphatic heterocycles. The van der Waals surface area contributed by atoms with Crippen LogP contribution in [-0.2, 0) is 4.89 Å². The molecule has 1 atom stereocenters. The van der Waals surface area contributed by atoms with Crippen molar-refractivity contribution < 1.29 is 46.2 Å². The van der Waals surface area contributed by atoms with Gasteiger partial charge in [0, 0.05) is 0 Å². The predicted octanol–water partition coefficient (Wildman–Crippen LogP) is -3.07. The summed E-state index contributed by atoms with van der Waals surface area (Å²) in [5, 5.41) is 15.3. The summed E-state index contributed by atoms with van der Waals surface area (Å²) in [6.45, 7) is 1.31. The fraction of sp³-hybridized carbons (Fsp3) is 1.00. The monoisotopic (exact) mass is 102 g/mol. The smallest absolute Gasteiger partial charge is 1.00 e. The van der Waals surface area contributed by atoms with Crippen molar-refractivity contribution in [2.45, 2.75) is 13.2 Å². The summed E-state index contributed by atoms with van der Waals surface area (Å²) in [4.78, 5) is 3.31. The minimum atomic E-state index is -1.06. The van der Waals surface area contributed by atoms with Crippen LogP contribution in [0.1, 0.15) is 8.35 Å². The fourth-order valence-corrected chi connectivity index (χ4v) is 0. The second-order valence-corrected chi connectivity index (χ2v) is 0.705. The Hall–Kier alpha value is 0.880. The number of aliphatic hydroxyl groups is 1. The third-order valence-corrected chi connectivity index (χ3v) is 0.153. The summed E-state index contributed by atoms with van der Waals surface area (Å²) < 4.78 is 0. The van der Waals surface area contributed by atoms with Crippen LogP contribution in [-0.4, -0.2) is 16.7 Å². The first-order valence-electron chi connectivity index (χ1n) is 1.25. The Morgan fingerprint density at radius 3 is 2.00 bits per heavy atom. The van der Waals surface area contributed by atoms with Gasteiger partial charge >= 0.3 is 29.6 Å². The Bertz CT molecular complexity index is 26.9. The molecule has 0 spiro atoms. The van der Waals surface area contributed by atoms with Crippen LogP contribution >= 0.6 is 0 Å². The Kier molecular flexibility index (Phi) is 9.79. The maximum absolute atomic E-state index is 7.89. The second-order valence-electron chi connectivity index (χ2n) is 0.705. The molecule has 34 valence electrons. The van der Waals surface area contributed by atoms with E-state index < -0.39 is 6.29 Å². The molecule has 2 N–H and O–H groups in total. The van der Waals surface area contributed by atoms with E-state index in [2.05, 4.69) is 4.89 Å². The maximum atomic E-state index is 7.89.